The van der Waals surface area contributed by atoms with E-state index in [2.05, 4.69) is 11.8 Å². The number of hydrogen-bond acceptors (Lipinski definition) is 4. The van der Waals surface area contributed by atoms with Crippen LogP contribution < -0.4 is 0 Å². The molecule has 2 aliphatic heterocycles. The summed E-state index contributed by atoms with van der Waals surface area (Å²) < 4.78 is 5.47. The Labute approximate surface area is 149 Å². The van der Waals surface area contributed by atoms with Gasteiger partial charge in [0.05, 0.1) is 12.1 Å². The van der Waals surface area contributed by atoms with Crippen molar-refractivity contribution in [3.05, 3.63) is 23.2 Å². The molecule has 0 aromatic carbocycles. The Hall–Kier alpha value is -1.82. The highest BCUT2D eigenvalue weighted by atomic mass is 16.3. The number of hydrogen-bond donors (Lipinski definition) is 0. The molecule has 1 aromatic rings. The molecule has 0 spiro atoms. The number of nitrogens with zero attached hydrogens (tertiary/aromatic N) is 3. The minimum Gasteiger partial charge on any atom is -0.466 e. The first-order chi connectivity index (χ1) is 12.0. The van der Waals surface area contributed by atoms with Gasteiger partial charge < -0.3 is 14.2 Å². The van der Waals surface area contributed by atoms with Crippen molar-refractivity contribution in [2.24, 2.45) is 0 Å². The highest BCUT2D eigenvalue weighted by molar-refractivity contribution is 5.95. The third kappa shape index (κ3) is 4.06. The molecule has 25 heavy (non-hydrogen) atoms. The number of piperazine rings is 1. The number of carbonyl (C=O) groups is 2. The number of carbonyl (C=O) groups excluding carboxylic acids is 2. The van der Waals surface area contributed by atoms with E-state index >= 15 is 0 Å². The van der Waals surface area contributed by atoms with E-state index in [-0.39, 0.29) is 11.8 Å². The average molecular weight is 347 g/mol. The summed E-state index contributed by atoms with van der Waals surface area (Å²) in [6.07, 6.45) is 3.44. The maximum absolute atomic E-state index is 12.6. The Morgan fingerprint density at radius 2 is 1.84 bits per heavy atom. The SMILES string of the molecule is Cc1cc(C(=O)N2CCN(CC(=O)N3CCCCC3C)CC2)c(C)o1. The van der Waals surface area contributed by atoms with E-state index < -0.39 is 0 Å². The minimum atomic E-state index is 0.0324. The summed E-state index contributed by atoms with van der Waals surface area (Å²) in [5.74, 6) is 1.71. The lowest BCUT2D eigenvalue weighted by molar-refractivity contribution is -0.136. The van der Waals surface area contributed by atoms with Crippen molar-refractivity contribution in [1.82, 2.24) is 14.7 Å². The smallest absolute Gasteiger partial charge is 0.257 e. The number of rotatable bonds is 3. The standard InChI is InChI=1S/C19H29N3O3/c1-14-6-4-5-7-22(14)18(23)13-20-8-10-21(11-9-20)19(24)17-12-15(2)25-16(17)3/h12,14H,4-11,13H2,1-3H3. The van der Waals surface area contributed by atoms with Crippen LogP contribution in [0.15, 0.2) is 10.5 Å². The van der Waals surface area contributed by atoms with E-state index in [1.165, 1.54) is 6.42 Å². The Balaban J connectivity index is 1.51. The van der Waals surface area contributed by atoms with Crippen LogP contribution in [0.1, 0.15) is 48.1 Å². The third-order valence-electron chi connectivity index (χ3n) is 5.41. The molecular formula is C19H29N3O3. The van der Waals surface area contributed by atoms with Gasteiger partial charge in [0.15, 0.2) is 0 Å². The van der Waals surface area contributed by atoms with Gasteiger partial charge >= 0.3 is 0 Å². The lowest BCUT2D eigenvalue weighted by Gasteiger charge is -2.38. The van der Waals surface area contributed by atoms with Gasteiger partial charge in [0.2, 0.25) is 5.91 Å². The average Bonchev–Trinajstić information content (AvgIpc) is 2.93. The van der Waals surface area contributed by atoms with Crippen molar-refractivity contribution in [1.29, 1.82) is 0 Å². The van der Waals surface area contributed by atoms with Crippen LogP contribution >= 0.6 is 0 Å². The highest BCUT2D eigenvalue weighted by Gasteiger charge is 2.28. The van der Waals surface area contributed by atoms with Gasteiger partial charge in [0, 0.05) is 38.8 Å². The zero-order valence-corrected chi connectivity index (χ0v) is 15.6. The lowest BCUT2D eigenvalue weighted by Crippen LogP contribution is -2.53. The molecule has 1 atom stereocenters. The Bertz CT molecular complexity index is 632. The summed E-state index contributed by atoms with van der Waals surface area (Å²) in [6, 6.07) is 2.17. The van der Waals surface area contributed by atoms with E-state index in [4.69, 9.17) is 4.42 Å². The number of furan rings is 1. The molecule has 6 heteroatoms. The van der Waals surface area contributed by atoms with Crippen LogP contribution in [-0.2, 0) is 4.79 Å². The molecule has 2 fully saturated rings. The van der Waals surface area contributed by atoms with Gasteiger partial charge in [-0.15, -0.1) is 0 Å². The van der Waals surface area contributed by atoms with E-state index in [0.29, 0.717) is 37.0 Å². The molecule has 2 amide bonds. The van der Waals surface area contributed by atoms with Crippen LogP contribution in [0.3, 0.4) is 0 Å². The van der Waals surface area contributed by atoms with Crippen LogP contribution in [0.25, 0.3) is 0 Å². The number of piperidine rings is 1. The Morgan fingerprint density at radius 1 is 1.12 bits per heavy atom. The summed E-state index contributed by atoms with van der Waals surface area (Å²) in [4.78, 5) is 31.2. The van der Waals surface area contributed by atoms with Crippen molar-refractivity contribution in [3.63, 3.8) is 0 Å². The van der Waals surface area contributed by atoms with Gasteiger partial charge in [-0.05, 0) is 46.1 Å². The molecule has 0 radical (unpaired) electrons. The maximum Gasteiger partial charge on any atom is 0.257 e. The Kier molecular flexibility index (Phi) is 5.47. The molecule has 0 saturated carbocycles. The first-order valence-corrected chi connectivity index (χ1v) is 9.34. The molecule has 3 rings (SSSR count). The zero-order chi connectivity index (χ0) is 18.0. The predicted octanol–water partition coefficient (Wildman–Crippen LogP) is 2.06. The van der Waals surface area contributed by atoms with Crippen molar-refractivity contribution >= 4 is 11.8 Å². The molecule has 0 aliphatic carbocycles. The lowest BCUT2D eigenvalue weighted by atomic mass is 10.0. The predicted molar refractivity (Wildman–Crippen MR) is 95.6 cm³/mol. The fourth-order valence-electron chi connectivity index (χ4n) is 3.87. The fraction of sp³-hybridized carbons (Fsp3) is 0.684. The van der Waals surface area contributed by atoms with Crippen molar-refractivity contribution in [2.45, 2.75) is 46.1 Å². The van der Waals surface area contributed by atoms with Crippen molar-refractivity contribution in [3.8, 4) is 0 Å². The van der Waals surface area contributed by atoms with Crippen LogP contribution in [-0.4, -0.2) is 71.8 Å². The number of aryl methyl sites for hydroxylation is 2. The molecule has 138 valence electrons. The van der Waals surface area contributed by atoms with Crippen LogP contribution in [0.5, 0.6) is 0 Å². The minimum absolute atomic E-state index is 0.0324. The summed E-state index contributed by atoms with van der Waals surface area (Å²) in [7, 11) is 0. The summed E-state index contributed by atoms with van der Waals surface area (Å²) >= 11 is 0. The number of amides is 2. The third-order valence-corrected chi connectivity index (χ3v) is 5.41. The normalized spacial score (nSPS) is 22.3. The molecule has 6 nitrogen and oxygen atoms in total. The monoisotopic (exact) mass is 347 g/mol. The summed E-state index contributed by atoms with van der Waals surface area (Å²) in [5, 5.41) is 0. The van der Waals surface area contributed by atoms with Gasteiger partial charge in [-0.25, -0.2) is 0 Å². The second-order valence-corrected chi connectivity index (χ2v) is 7.33. The molecule has 0 bridgehead atoms. The van der Waals surface area contributed by atoms with Gasteiger partial charge in [-0.3, -0.25) is 14.5 Å². The van der Waals surface area contributed by atoms with E-state index in [1.54, 1.807) is 0 Å². The summed E-state index contributed by atoms with van der Waals surface area (Å²) in [6.45, 7) is 9.99. The van der Waals surface area contributed by atoms with Crippen LogP contribution in [0.2, 0.25) is 0 Å². The van der Waals surface area contributed by atoms with E-state index in [1.807, 2.05) is 29.7 Å². The maximum atomic E-state index is 12.6. The van der Waals surface area contributed by atoms with Gasteiger partial charge in [-0.1, -0.05) is 0 Å². The molecule has 0 N–H and O–H groups in total. The van der Waals surface area contributed by atoms with E-state index in [9.17, 15) is 9.59 Å². The molecule has 1 unspecified atom stereocenters. The van der Waals surface area contributed by atoms with Crippen LogP contribution in [0, 0.1) is 13.8 Å². The topological polar surface area (TPSA) is 57.0 Å². The second-order valence-electron chi connectivity index (χ2n) is 7.33. The van der Waals surface area contributed by atoms with Crippen molar-refractivity contribution in [2.75, 3.05) is 39.3 Å². The first kappa shape index (κ1) is 18.0. The molecule has 2 aliphatic rings. The van der Waals surface area contributed by atoms with Gasteiger partial charge in [0.1, 0.15) is 11.5 Å². The zero-order valence-electron chi connectivity index (χ0n) is 15.6. The van der Waals surface area contributed by atoms with Gasteiger partial charge in [-0.2, -0.15) is 0 Å². The van der Waals surface area contributed by atoms with Gasteiger partial charge in [0.25, 0.3) is 5.91 Å². The first-order valence-electron chi connectivity index (χ1n) is 9.34. The molecule has 3 heterocycles. The van der Waals surface area contributed by atoms with Crippen molar-refractivity contribution < 1.29 is 14.0 Å². The summed E-state index contributed by atoms with van der Waals surface area (Å²) in [5.41, 5.74) is 0.657. The quantitative estimate of drug-likeness (QED) is 0.840. The molecule has 2 saturated heterocycles. The van der Waals surface area contributed by atoms with E-state index in [0.717, 1.165) is 38.2 Å². The molecular weight excluding hydrogens is 318 g/mol. The molecule has 1 aromatic heterocycles. The second kappa shape index (κ2) is 7.60. The number of likely N-dealkylation sites (tertiary alicyclic amines) is 1. The largest absolute Gasteiger partial charge is 0.466 e. The Morgan fingerprint density at radius 3 is 2.44 bits per heavy atom. The fourth-order valence-corrected chi connectivity index (χ4v) is 3.87. The highest BCUT2D eigenvalue weighted by Crippen LogP contribution is 2.19. The van der Waals surface area contributed by atoms with Crippen LogP contribution in [0.4, 0.5) is 0 Å².